The van der Waals surface area contributed by atoms with E-state index in [1.807, 2.05) is 6.07 Å². The predicted octanol–water partition coefficient (Wildman–Crippen LogP) is 2.95. The Kier molecular flexibility index (Phi) is 5.31. The maximum Gasteiger partial charge on any atom is 0.363 e. The number of rotatable bonds is 5. The minimum atomic E-state index is -0.467. The van der Waals surface area contributed by atoms with Crippen molar-refractivity contribution in [3.8, 4) is 11.5 Å². The van der Waals surface area contributed by atoms with E-state index < -0.39 is 5.97 Å². The number of hydrogen-bond donors (Lipinski definition) is 0. The molecule has 28 heavy (non-hydrogen) atoms. The number of carbonyl (C=O) groups excluding carboxylic acids is 1. The van der Waals surface area contributed by atoms with Crippen molar-refractivity contribution in [2.45, 2.75) is 0 Å². The second-order valence-corrected chi connectivity index (χ2v) is 7.28. The van der Waals surface area contributed by atoms with E-state index in [2.05, 4.69) is 16.0 Å². The Labute approximate surface area is 166 Å². The van der Waals surface area contributed by atoms with Crippen molar-refractivity contribution >= 4 is 34.3 Å². The highest BCUT2D eigenvalue weighted by molar-refractivity contribution is 7.16. The predicted molar refractivity (Wildman–Crippen MR) is 108 cm³/mol. The van der Waals surface area contributed by atoms with Crippen molar-refractivity contribution in [1.82, 2.24) is 0 Å². The van der Waals surface area contributed by atoms with Crippen molar-refractivity contribution in [2.75, 3.05) is 45.4 Å². The topological polar surface area (TPSA) is 69.6 Å². The Morgan fingerprint density at radius 3 is 2.64 bits per heavy atom. The zero-order valence-electron chi connectivity index (χ0n) is 15.6. The zero-order chi connectivity index (χ0) is 19.5. The fraction of sp³-hybridized carbons (Fsp3) is 0.300. The molecule has 3 heterocycles. The van der Waals surface area contributed by atoms with Gasteiger partial charge in [0.1, 0.15) is 0 Å². The number of methoxy groups -OCH3 is 2. The molecule has 8 heteroatoms. The molecular weight excluding hydrogens is 380 g/mol. The average molecular weight is 400 g/mol. The van der Waals surface area contributed by atoms with Crippen LogP contribution in [0.4, 0.5) is 5.00 Å². The van der Waals surface area contributed by atoms with Crippen molar-refractivity contribution in [2.24, 2.45) is 4.99 Å². The quantitative estimate of drug-likeness (QED) is 0.568. The van der Waals surface area contributed by atoms with Crippen LogP contribution in [-0.2, 0) is 14.3 Å². The van der Waals surface area contributed by atoms with Crippen LogP contribution >= 0.6 is 11.3 Å². The highest BCUT2D eigenvalue weighted by atomic mass is 32.1. The summed E-state index contributed by atoms with van der Waals surface area (Å²) in [5.74, 6) is 0.930. The highest BCUT2D eigenvalue weighted by Gasteiger charge is 2.25. The molecule has 0 bridgehead atoms. The molecule has 0 unspecified atom stereocenters. The molecule has 146 valence electrons. The highest BCUT2D eigenvalue weighted by Crippen LogP contribution is 2.31. The van der Waals surface area contributed by atoms with Gasteiger partial charge in [0.15, 0.2) is 17.2 Å². The maximum atomic E-state index is 12.3. The number of benzene rings is 1. The van der Waals surface area contributed by atoms with E-state index in [0.29, 0.717) is 17.1 Å². The molecule has 7 nitrogen and oxygen atoms in total. The molecule has 0 atom stereocenters. The van der Waals surface area contributed by atoms with Gasteiger partial charge in [-0.25, -0.2) is 9.79 Å². The summed E-state index contributed by atoms with van der Waals surface area (Å²) < 4.78 is 21.3. The van der Waals surface area contributed by atoms with Gasteiger partial charge in [-0.05, 0) is 36.4 Å². The molecule has 0 saturated carbocycles. The number of thiophene rings is 1. The Morgan fingerprint density at radius 2 is 1.89 bits per heavy atom. The molecule has 1 fully saturated rings. The van der Waals surface area contributed by atoms with Gasteiger partial charge < -0.3 is 23.8 Å². The summed E-state index contributed by atoms with van der Waals surface area (Å²) in [6.07, 6.45) is 1.75. The number of nitrogens with zero attached hydrogens (tertiary/aromatic N) is 2. The lowest BCUT2D eigenvalue weighted by atomic mass is 10.2. The Bertz CT molecular complexity index is 944. The molecule has 0 spiro atoms. The van der Waals surface area contributed by atoms with Gasteiger partial charge in [-0.15, -0.1) is 11.3 Å². The number of anilines is 1. The number of cyclic esters (lactones) is 1. The van der Waals surface area contributed by atoms with Crippen molar-refractivity contribution in [3.63, 3.8) is 0 Å². The first-order valence-corrected chi connectivity index (χ1v) is 9.67. The first kappa shape index (κ1) is 18.5. The molecule has 0 N–H and O–H groups in total. The van der Waals surface area contributed by atoms with Crippen molar-refractivity contribution in [1.29, 1.82) is 0 Å². The number of carbonyl (C=O) groups is 1. The van der Waals surface area contributed by atoms with E-state index >= 15 is 0 Å². The van der Waals surface area contributed by atoms with Gasteiger partial charge in [-0.3, -0.25) is 0 Å². The van der Waals surface area contributed by atoms with Crippen molar-refractivity contribution < 1.29 is 23.7 Å². The van der Waals surface area contributed by atoms with Crippen LogP contribution in [0.5, 0.6) is 11.5 Å². The van der Waals surface area contributed by atoms with Crippen LogP contribution in [0.1, 0.15) is 10.4 Å². The van der Waals surface area contributed by atoms with Crippen LogP contribution in [0.25, 0.3) is 6.08 Å². The van der Waals surface area contributed by atoms with Gasteiger partial charge in [0, 0.05) is 23.5 Å². The SMILES string of the molecule is COc1ccc(C2=NC(=Cc3ccc(N4CCOCC4)s3)C(=O)O2)cc1OC. The summed E-state index contributed by atoms with van der Waals surface area (Å²) in [5.41, 5.74) is 0.926. The molecule has 1 aromatic carbocycles. The average Bonchev–Trinajstić information content (AvgIpc) is 3.35. The molecule has 4 rings (SSSR count). The van der Waals surface area contributed by atoms with E-state index in [-0.39, 0.29) is 11.6 Å². The van der Waals surface area contributed by atoms with Crippen LogP contribution in [0.15, 0.2) is 41.0 Å². The van der Waals surface area contributed by atoms with Crippen molar-refractivity contribution in [3.05, 3.63) is 46.5 Å². The van der Waals surface area contributed by atoms with Gasteiger partial charge in [0.25, 0.3) is 0 Å². The smallest absolute Gasteiger partial charge is 0.363 e. The van der Waals surface area contributed by atoms with E-state index in [9.17, 15) is 4.79 Å². The third-order valence-electron chi connectivity index (χ3n) is 4.47. The maximum absolute atomic E-state index is 12.3. The monoisotopic (exact) mass is 400 g/mol. The third kappa shape index (κ3) is 3.74. The summed E-state index contributed by atoms with van der Waals surface area (Å²) in [6.45, 7) is 3.22. The van der Waals surface area contributed by atoms with Crippen LogP contribution in [0.3, 0.4) is 0 Å². The minimum absolute atomic E-state index is 0.252. The Balaban J connectivity index is 1.56. The molecule has 2 aliphatic rings. The van der Waals surface area contributed by atoms with Gasteiger partial charge in [0.05, 0.1) is 32.4 Å². The first-order valence-electron chi connectivity index (χ1n) is 8.85. The second kappa shape index (κ2) is 8.04. The summed E-state index contributed by atoms with van der Waals surface area (Å²) in [5, 5.41) is 1.16. The van der Waals surface area contributed by atoms with Crippen LogP contribution < -0.4 is 14.4 Å². The van der Waals surface area contributed by atoms with Crippen LogP contribution in [0, 0.1) is 0 Å². The molecular formula is C20H20N2O5S. The van der Waals surface area contributed by atoms with Gasteiger partial charge >= 0.3 is 5.97 Å². The molecule has 2 aromatic rings. The van der Waals surface area contributed by atoms with E-state index in [0.717, 1.165) is 36.2 Å². The van der Waals surface area contributed by atoms with E-state index in [1.165, 1.54) is 0 Å². The fourth-order valence-electron chi connectivity index (χ4n) is 3.01. The van der Waals surface area contributed by atoms with Crippen LogP contribution in [0.2, 0.25) is 0 Å². The number of aliphatic imine (C=N–C) groups is 1. The number of esters is 1. The lowest BCUT2D eigenvalue weighted by molar-refractivity contribution is -0.129. The third-order valence-corrected chi connectivity index (χ3v) is 5.56. The number of morpholine rings is 1. The Hall–Kier alpha value is -2.84. The zero-order valence-corrected chi connectivity index (χ0v) is 16.5. The lowest BCUT2D eigenvalue weighted by Crippen LogP contribution is -2.35. The molecule has 2 aliphatic heterocycles. The normalized spacial score (nSPS) is 18.2. The summed E-state index contributed by atoms with van der Waals surface area (Å²) in [7, 11) is 3.12. The van der Waals surface area contributed by atoms with Gasteiger partial charge in [-0.1, -0.05) is 0 Å². The number of hydrogen-bond acceptors (Lipinski definition) is 8. The molecule has 0 radical (unpaired) electrons. The summed E-state index contributed by atoms with van der Waals surface area (Å²) in [6, 6.07) is 9.30. The van der Waals surface area contributed by atoms with Gasteiger partial charge in [0.2, 0.25) is 5.90 Å². The van der Waals surface area contributed by atoms with E-state index in [4.69, 9.17) is 18.9 Å². The standard InChI is InChI=1S/C20H20N2O5S/c1-24-16-5-3-13(11-17(16)25-2)19-21-15(20(23)27-19)12-14-4-6-18(28-14)22-7-9-26-10-8-22/h3-6,11-12H,7-10H2,1-2H3. The number of ether oxygens (including phenoxy) is 4. The minimum Gasteiger partial charge on any atom is -0.493 e. The second-order valence-electron chi connectivity index (χ2n) is 6.18. The Morgan fingerprint density at radius 1 is 1.11 bits per heavy atom. The summed E-state index contributed by atoms with van der Waals surface area (Å²) in [4.78, 5) is 19.9. The van der Waals surface area contributed by atoms with E-state index in [1.54, 1.807) is 49.8 Å². The first-order chi connectivity index (χ1) is 13.7. The van der Waals surface area contributed by atoms with Gasteiger partial charge in [-0.2, -0.15) is 0 Å². The molecule has 1 saturated heterocycles. The molecule has 0 amide bonds. The largest absolute Gasteiger partial charge is 0.493 e. The fourth-order valence-corrected chi connectivity index (χ4v) is 4.01. The molecule has 1 aromatic heterocycles. The van der Waals surface area contributed by atoms with Crippen LogP contribution in [-0.4, -0.2) is 52.4 Å². The summed E-state index contributed by atoms with van der Waals surface area (Å²) >= 11 is 1.62. The molecule has 0 aliphatic carbocycles. The lowest BCUT2D eigenvalue weighted by Gasteiger charge is -2.27.